The fraction of sp³-hybridized carbons (Fsp3) is 0.455. The second kappa shape index (κ2) is 4.81. The molecule has 1 aliphatic carbocycles. The average molecular weight is 295 g/mol. The van der Waals surface area contributed by atoms with Crippen LogP contribution in [0.2, 0.25) is 0 Å². The number of hydrogen-bond donors (Lipinski definition) is 1. The molecule has 0 amide bonds. The quantitative estimate of drug-likeness (QED) is 0.839. The van der Waals surface area contributed by atoms with Gasteiger partial charge in [0, 0.05) is 5.54 Å². The minimum Gasteiger partial charge on any atom is -0.321 e. The Labute approximate surface area is 104 Å². The largest absolute Gasteiger partial charge is 0.321 e. The third-order valence-corrected chi connectivity index (χ3v) is 3.63. The summed E-state index contributed by atoms with van der Waals surface area (Å²) >= 11 is 3.14. The minimum absolute atomic E-state index is 0. The maximum atomic E-state index is 13.3. The molecule has 2 N–H and O–H groups in total. The molecule has 0 aromatic heterocycles. The Hall–Kier alpha value is -0.120. The number of benzene rings is 1. The van der Waals surface area contributed by atoms with Gasteiger partial charge < -0.3 is 5.73 Å². The molecular formula is C11H14BrClFN. The second-order valence-electron chi connectivity index (χ2n) is 3.99. The van der Waals surface area contributed by atoms with E-state index in [-0.39, 0.29) is 23.8 Å². The first-order valence-corrected chi connectivity index (χ1v) is 5.65. The Morgan fingerprint density at radius 3 is 2.40 bits per heavy atom. The fourth-order valence-corrected chi connectivity index (χ4v) is 2.35. The third-order valence-electron chi connectivity index (χ3n) is 2.99. The highest BCUT2D eigenvalue weighted by Gasteiger charge is 2.31. The van der Waals surface area contributed by atoms with E-state index in [1.165, 1.54) is 0 Å². The molecule has 4 heteroatoms. The van der Waals surface area contributed by atoms with Gasteiger partial charge in [-0.05, 0) is 46.5 Å². The van der Waals surface area contributed by atoms with Gasteiger partial charge in [0.1, 0.15) is 5.82 Å². The summed E-state index contributed by atoms with van der Waals surface area (Å²) in [5.41, 5.74) is 6.85. The molecule has 0 saturated heterocycles. The van der Waals surface area contributed by atoms with Crippen molar-refractivity contribution in [2.75, 3.05) is 0 Å². The van der Waals surface area contributed by atoms with Crippen LogP contribution in [-0.2, 0) is 5.54 Å². The summed E-state index contributed by atoms with van der Waals surface area (Å²) in [6.45, 7) is 0. The van der Waals surface area contributed by atoms with Gasteiger partial charge in [-0.3, -0.25) is 0 Å². The summed E-state index contributed by atoms with van der Waals surface area (Å²) < 4.78 is 13.8. The molecular weight excluding hydrogens is 280 g/mol. The van der Waals surface area contributed by atoms with E-state index in [9.17, 15) is 4.39 Å². The second-order valence-corrected chi connectivity index (χ2v) is 4.85. The third kappa shape index (κ3) is 2.52. The number of hydrogen-bond acceptors (Lipinski definition) is 1. The molecule has 1 saturated carbocycles. The van der Waals surface area contributed by atoms with Crippen LogP contribution in [0, 0.1) is 5.82 Å². The van der Waals surface area contributed by atoms with Gasteiger partial charge in [-0.15, -0.1) is 12.4 Å². The molecule has 2 rings (SSSR count). The van der Waals surface area contributed by atoms with Crippen LogP contribution in [0.15, 0.2) is 22.7 Å². The van der Waals surface area contributed by atoms with Gasteiger partial charge in [-0.25, -0.2) is 4.39 Å². The van der Waals surface area contributed by atoms with Gasteiger partial charge in [-0.1, -0.05) is 18.9 Å². The molecule has 15 heavy (non-hydrogen) atoms. The standard InChI is InChI=1S/C11H13BrFN.ClH/c12-9-4-3-8(7-10(9)13)11(14)5-1-2-6-11;/h3-4,7H,1-2,5-6,14H2;1H. The van der Waals surface area contributed by atoms with Crippen molar-refractivity contribution < 1.29 is 4.39 Å². The van der Waals surface area contributed by atoms with E-state index in [0.29, 0.717) is 4.47 Å². The van der Waals surface area contributed by atoms with Crippen LogP contribution in [0.1, 0.15) is 31.2 Å². The van der Waals surface area contributed by atoms with Gasteiger partial charge >= 0.3 is 0 Å². The van der Waals surface area contributed by atoms with Crippen molar-refractivity contribution in [1.29, 1.82) is 0 Å². The maximum Gasteiger partial charge on any atom is 0.137 e. The summed E-state index contributed by atoms with van der Waals surface area (Å²) in [6, 6.07) is 5.20. The summed E-state index contributed by atoms with van der Waals surface area (Å²) in [5.74, 6) is -0.223. The molecule has 0 radical (unpaired) electrons. The van der Waals surface area contributed by atoms with Crippen LogP contribution in [0.4, 0.5) is 4.39 Å². The molecule has 1 fully saturated rings. The number of halogens is 3. The van der Waals surface area contributed by atoms with Crippen molar-refractivity contribution in [1.82, 2.24) is 0 Å². The fourth-order valence-electron chi connectivity index (χ4n) is 2.10. The zero-order chi connectivity index (χ0) is 10.2. The summed E-state index contributed by atoms with van der Waals surface area (Å²) in [4.78, 5) is 0. The van der Waals surface area contributed by atoms with E-state index in [0.717, 1.165) is 31.2 Å². The molecule has 1 aromatic carbocycles. The Morgan fingerprint density at radius 1 is 1.27 bits per heavy atom. The molecule has 0 bridgehead atoms. The topological polar surface area (TPSA) is 26.0 Å². The first-order valence-electron chi connectivity index (χ1n) is 4.86. The van der Waals surface area contributed by atoms with Gasteiger partial charge in [0.15, 0.2) is 0 Å². The van der Waals surface area contributed by atoms with Crippen molar-refractivity contribution >= 4 is 28.3 Å². The van der Waals surface area contributed by atoms with Gasteiger partial charge in [0.05, 0.1) is 4.47 Å². The van der Waals surface area contributed by atoms with E-state index in [4.69, 9.17) is 5.73 Å². The van der Waals surface area contributed by atoms with E-state index >= 15 is 0 Å². The molecule has 84 valence electrons. The monoisotopic (exact) mass is 293 g/mol. The van der Waals surface area contributed by atoms with Crippen LogP contribution >= 0.6 is 28.3 Å². The Balaban J connectivity index is 0.00000112. The van der Waals surface area contributed by atoms with Crippen molar-refractivity contribution in [3.63, 3.8) is 0 Å². The minimum atomic E-state index is -0.290. The lowest BCUT2D eigenvalue weighted by atomic mass is 9.89. The molecule has 0 unspecified atom stereocenters. The molecule has 0 spiro atoms. The lowest BCUT2D eigenvalue weighted by molar-refractivity contribution is 0.457. The predicted molar refractivity (Wildman–Crippen MR) is 65.7 cm³/mol. The summed E-state index contributed by atoms with van der Waals surface area (Å²) in [5, 5.41) is 0. The molecule has 1 aromatic rings. The van der Waals surface area contributed by atoms with Crippen molar-refractivity contribution in [3.05, 3.63) is 34.1 Å². The molecule has 0 heterocycles. The Kier molecular flexibility index (Phi) is 4.15. The molecule has 1 nitrogen and oxygen atoms in total. The van der Waals surface area contributed by atoms with E-state index < -0.39 is 0 Å². The van der Waals surface area contributed by atoms with Crippen LogP contribution < -0.4 is 5.73 Å². The normalized spacial score (nSPS) is 18.6. The average Bonchev–Trinajstić information content (AvgIpc) is 2.58. The van der Waals surface area contributed by atoms with Crippen LogP contribution in [0.3, 0.4) is 0 Å². The zero-order valence-corrected chi connectivity index (χ0v) is 10.7. The predicted octanol–water partition coefficient (Wildman–Crippen LogP) is 3.74. The van der Waals surface area contributed by atoms with E-state index in [2.05, 4.69) is 15.9 Å². The highest BCUT2D eigenvalue weighted by molar-refractivity contribution is 9.10. The zero-order valence-electron chi connectivity index (χ0n) is 8.30. The smallest absolute Gasteiger partial charge is 0.137 e. The number of nitrogens with two attached hydrogens (primary N) is 1. The Morgan fingerprint density at radius 2 is 1.87 bits per heavy atom. The van der Waals surface area contributed by atoms with Crippen molar-refractivity contribution in [3.8, 4) is 0 Å². The highest BCUT2D eigenvalue weighted by Crippen LogP contribution is 2.37. The molecule has 0 aliphatic heterocycles. The summed E-state index contributed by atoms with van der Waals surface area (Å²) in [6.07, 6.45) is 4.23. The molecule has 1 aliphatic rings. The van der Waals surface area contributed by atoms with Crippen LogP contribution in [0.25, 0.3) is 0 Å². The van der Waals surface area contributed by atoms with E-state index in [1.54, 1.807) is 12.1 Å². The first-order chi connectivity index (χ1) is 6.62. The van der Waals surface area contributed by atoms with Crippen molar-refractivity contribution in [2.45, 2.75) is 31.2 Å². The van der Waals surface area contributed by atoms with Gasteiger partial charge in [0.2, 0.25) is 0 Å². The SMILES string of the molecule is Cl.NC1(c2ccc(Br)c(F)c2)CCCC1. The van der Waals surface area contributed by atoms with Crippen LogP contribution in [0.5, 0.6) is 0 Å². The van der Waals surface area contributed by atoms with Gasteiger partial charge in [0.25, 0.3) is 0 Å². The lowest BCUT2D eigenvalue weighted by Gasteiger charge is -2.24. The maximum absolute atomic E-state index is 13.3. The molecule has 0 atom stereocenters. The Bertz CT molecular complexity index is 350. The number of rotatable bonds is 1. The lowest BCUT2D eigenvalue weighted by Crippen LogP contribution is -2.33. The van der Waals surface area contributed by atoms with E-state index in [1.807, 2.05) is 6.07 Å². The summed E-state index contributed by atoms with van der Waals surface area (Å²) in [7, 11) is 0. The first kappa shape index (κ1) is 12.9. The highest BCUT2D eigenvalue weighted by atomic mass is 79.9. The van der Waals surface area contributed by atoms with Crippen LogP contribution in [-0.4, -0.2) is 0 Å². The van der Waals surface area contributed by atoms with Gasteiger partial charge in [-0.2, -0.15) is 0 Å². The van der Waals surface area contributed by atoms with Crippen molar-refractivity contribution in [2.24, 2.45) is 5.73 Å².